The smallest absolute Gasteiger partial charge is 0.225 e. The van der Waals surface area contributed by atoms with E-state index in [9.17, 15) is 4.79 Å². The zero-order valence-electron chi connectivity index (χ0n) is 7.38. The standard InChI is InChI=1S/C10H15NO/c1-8-3-2-6-11(7-8)10(12)9-4-5-9/h9H,1-7H2. The molecule has 0 atom stereocenters. The summed E-state index contributed by atoms with van der Waals surface area (Å²) in [4.78, 5) is 13.6. The lowest BCUT2D eigenvalue weighted by atomic mass is 10.1. The van der Waals surface area contributed by atoms with Crippen molar-refractivity contribution in [3.05, 3.63) is 12.2 Å². The highest BCUT2D eigenvalue weighted by Crippen LogP contribution is 2.32. The summed E-state index contributed by atoms with van der Waals surface area (Å²) in [6.07, 6.45) is 4.44. The normalized spacial score (nSPS) is 24.3. The Hall–Kier alpha value is -0.790. The summed E-state index contributed by atoms with van der Waals surface area (Å²) in [7, 11) is 0. The Morgan fingerprint density at radius 2 is 2.25 bits per heavy atom. The van der Waals surface area contributed by atoms with Crippen molar-refractivity contribution in [3.8, 4) is 0 Å². The first-order valence-electron chi connectivity index (χ1n) is 4.73. The van der Waals surface area contributed by atoms with Crippen molar-refractivity contribution < 1.29 is 4.79 Å². The van der Waals surface area contributed by atoms with Gasteiger partial charge >= 0.3 is 0 Å². The largest absolute Gasteiger partial charge is 0.338 e. The van der Waals surface area contributed by atoms with Crippen LogP contribution in [-0.2, 0) is 4.79 Å². The molecule has 66 valence electrons. The number of nitrogens with zero attached hydrogens (tertiary/aromatic N) is 1. The molecule has 1 amide bonds. The lowest BCUT2D eigenvalue weighted by Crippen LogP contribution is -2.37. The van der Waals surface area contributed by atoms with Crippen LogP contribution in [0.15, 0.2) is 12.2 Å². The zero-order valence-corrected chi connectivity index (χ0v) is 7.38. The fraction of sp³-hybridized carbons (Fsp3) is 0.700. The van der Waals surface area contributed by atoms with Crippen molar-refractivity contribution in [1.29, 1.82) is 0 Å². The predicted octanol–water partition coefficient (Wildman–Crippen LogP) is 1.58. The van der Waals surface area contributed by atoms with Crippen LogP contribution in [0.25, 0.3) is 0 Å². The maximum absolute atomic E-state index is 11.6. The lowest BCUT2D eigenvalue weighted by Gasteiger charge is -2.28. The SMILES string of the molecule is C=C1CCCN(C(=O)C2CC2)C1. The van der Waals surface area contributed by atoms with Gasteiger partial charge in [-0.3, -0.25) is 4.79 Å². The molecule has 2 fully saturated rings. The summed E-state index contributed by atoms with van der Waals surface area (Å²) in [6, 6.07) is 0. The third-order valence-corrected chi connectivity index (χ3v) is 2.61. The molecule has 0 unspecified atom stereocenters. The van der Waals surface area contributed by atoms with Crippen LogP contribution < -0.4 is 0 Å². The molecule has 2 heteroatoms. The number of amides is 1. The number of likely N-dealkylation sites (tertiary alicyclic amines) is 1. The number of hydrogen-bond acceptors (Lipinski definition) is 1. The molecule has 1 aliphatic heterocycles. The molecular formula is C10H15NO. The van der Waals surface area contributed by atoms with E-state index < -0.39 is 0 Å². The fourth-order valence-electron chi connectivity index (χ4n) is 1.72. The first kappa shape index (κ1) is 7.84. The van der Waals surface area contributed by atoms with E-state index in [0.717, 1.165) is 38.8 Å². The number of hydrogen-bond donors (Lipinski definition) is 0. The van der Waals surface area contributed by atoms with E-state index in [1.807, 2.05) is 4.90 Å². The van der Waals surface area contributed by atoms with Crippen molar-refractivity contribution in [2.45, 2.75) is 25.7 Å². The molecule has 0 bridgehead atoms. The van der Waals surface area contributed by atoms with Gasteiger partial charge in [-0.1, -0.05) is 12.2 Å². The van der Waals surface area contributed by atoms with Crippen LogP contribution in [0.4, 0.5) is 0 Å². The molecule has 0 radical (unpaired) electrons. The van der Waals surface area contributed by atoms with Gasteiger partial charge in [0.1, 0.15) is 0 Å². The third-order valence-electron chi connectivity index (χ3n) is 2.61. The summed E-state index contributed by atoms with van der Waals surface area (Å²) in [5, 5.41) is 0. The molecule has 0 N–H and O–H groups in total. The van der Waals surface area contributed by atoms with Gasteiger partial charge in [0.15, 0.2) is 0 Å². The highest BCUT2D eigenvalue weighted by molar-refractivity contribution is 5.81. The van der Waals surface area contributed by atoms with Crippen LogP contribution in [0.2, 0.25) is 0 Å². The van der Waals surface area contributed by atoms with Crippen molar-refractivity contribution in [3.63, 3.8) is 0 Å². The van der Waals surface area contributed by atoms with Gasteiger partial charge < -0.3 is 4.90 Å². The Kier molecular flexibility index (Phi) is 1.91. The van der Waals surface area contributed by atoms with Crippen molar-refractivity contribution in [1.82, 2.24) is 4.90 Å². The van der Waals surface area contributed by atoms with Crippen LogP contribution in [0.5, 0.6) is 0 Å². The van der Waals surface area contributed by atoms with Crippen molar-refractivity contribution >= 4 is 5.91 Å². The molecule has 1 saturated carbocycles. The monoisotopic (exact) mass is 165 g/mol. The van der Waals surface area contributed by atoms with E-state index in [1.54, 1.807) is 0 Å². The lowest BCUT2D eigenvalue weighted by molar-refractivity contribution is -0.132. The Morgan fingerprint density at radius 3 is 2.83 bits per heavy atom. The topological polar surface area (TPSA) is 20.3 Å². The molecule has 0 aromatic carbocycles. The molecule has 0 spiro atoms. The molecular weight excluding hydrogens is 150 g/mol. The highest BCUT2D eigenvalue weighted by atomic mass is 16.2. The number of piperidine rings is 1. The summed E-state index contributed by atoms with van der Waals surface area (Å²) < 4.78 is 0. The van der Waals surface area contributed by atoms with Gasteiger partial charge in [-0.2, -0.15) is 0 Å². The summed E-state index contributed by atoms with van der Waals surface area (Å²) in [5.74, 6) is 0.742. The Balaban J connectivity index is 1.93. The molecule has 1 saturated heterocycles. The van der Waals surface area contributed by atoms with Gasteiger partial charge in [0.25, 0.3) is 0 Å². The average Bonchev–Trinajstić information content (AvgIpc) is 2.85. The van der Waals surface area contributed by atoms with Crippen LogP contribution >= 0.6 is 0 Å². The van der Waals surface area contributed by atoms with Gasteiger partial charge in [-0.15, -0.1) is 0 Å². The molecule has 0 aromatic heterocycles. The quantitative estimate of drug-likeness (QED) is 0.540. The minimum Gasteiger partial charge on any atom is -0.338 e. The molecule has 12 heavy (non-hydrogen) atoms. The molecule has 2 nitrogen and oxygen atoms in total. The van der Waals surface area contributed by atoms with Gasteiger partial charge in [0, 0.05) is 19.0 Å². The molecule has 0 aromatic rings. The second-order valence-electron chi connectivity index (χ2n) is 3.89. The van der Waals surface area contributed by atoms with E-state index in [1.165, 1.54) is 5.57 Å². The third kappa shape index (κ3) is 1.52. The van der Waals surface area contributed by atoms with Gasteiger partial charge in [-0.05, 0) is 25.7 Å². The van der Waals surface area contributed by atoms with E-state index in [-0.39, 0.29) is 0 Å². The molecule has 2 rings (SSSR count). The Bertz CT molecular complexity index is 218. The van der Waals surface area contributed by atoms with Crippen LogP contribution in [0.1, 0.15) is 25.7 Å². The van der Waals surface area contributed by atoms with Crippen LogP contribution in [-0.4, -0.2) is 23.9 Å². The van der Waals surface area contributed by atoms with Gasteiger partial charge in [-0.25, -0.2) is 0 Å². The Morgan fingerprint density at radius 1 is 1.50 bits per heavy atom. The molecule has 1 aliphatic carbocycles. The molecule has 2 aliphatic rings. The fourth-order valence-corrected chi connectivity index (χ4v) is 1.72. The first-order chi connectivity index (χ1) is 5.77. The van der Waals surface area contributed by atoms with E-state index in [4.69, 9.17) is 0 Å². The second-order valence-corrected chi connectivity index (χ2v) is 3.89. The van der Waals surface area contributed by atoms with Gasteiger partial charge in [0.05, 0.1) is 0 Å². The van der Waals surface area contributed by atoms with E-state index in [0.29, 0.717) is 11.8 Å². The Labute approximate surface area is 73.2 Å². The van der Waals surface area contributed by atoms with Crippen LogP contribution in [0, 0.1) is 5.92 Å². The molecule has 1 heterocycles. The summed E-state index contributed by atoms with van der Waals surface area (Å²) in [6.45, 7) is 5.70. The zero-order chi connectivity index (χ0) is 8.55. The van der Waals surface area contributed by atoms with Crippen LogP contribution in [0.3, 0.4) is 0 Å². The highest BCUT2D eigenvalue weighted by Gasteiger charge is 2.33. The van der Waals surface area contributed by atoms with Crippen molar-refractivity contribution in [2.75, 3.05) is 13.1 Å². The minimum absolute atomic E-state index is 0.371. The van der Waals surface area contributed by atoms with Crippen molar-refractivity contribution in [2.24, 2.45) is 5.92 Å². The average molecular weight is 165 g/mol. The maximum atomic E-state index is 11.6. The predicted molar refractivity (Wildman–Crippen MR) is 47.7 cm³/mol. The number of carbonyl (C=O) groups excluding carboxylic acids is 1. The summed E-state index contributed by atoms with van der Waals surface area (Å²) in [5.41, 5.74) is 1.22. The minimum atomic E-state index is 0.371. The first-order valence-corrected chi connectivity index (χ1v) is 4.73. The van der Waals surface area contributed by atoms with E-state index >= 15 is 0 Å². The number of rotatable bonds is 1. The van der Waals surface area contributed by atoms with Gasteiger partial charge in [0.2, 0.25) is 5.91 Å². The maximum Gasteiger partial charge on any atom is 0.225 e. The summed E-state index contributed by atoms with van der Waals surface area (Å²) >= 11 is 0. The second kappa shape index (κ2) is 2.92. The van der Waals surface area contributed by atoms with E-state index in [2.05, 4.69) is 6.58 Å². The number of carbonyl (C=O) groups is 1.